The monoisotopic (exact) mass is 419 g/mol. The van der Waals surface area contributed by atoms with Crippen molar-refractivity contribution < 1.29 is 28.3 Å². The SMILES string of the molecule is COc1cc(C(=O)N2CCN(c3ccccc3F)CC2)c([N+](=O)[O-])c(OC)c1OC. The minimum absolute atomic E-state index is 0.0348. The molecule has 1 saturated heterocycles. The van der Waals surface area contributed by atoms with Crippen molar-refractivity contribution in [1.82, 2.24) is 4.90 Å². The van der Waals surface area contributed by atoms with Gasteiger partial charge in [0.2, 0.25) is 11.5 Å². The number of carbonyl (C=O) groups excluding carboxylic acids is 1. The van der Waals surface area contributed by atoms with Crippen LogP contribution in [0.3, 0.4) is 0 Å². The number of para-hydroxylation sites is 1. The van der Waals surface area contributed by atoms with Gasteiger partial charge in [0.1, 0.15) is 11.4 Å². The summed E-state index contributed by atoms with van der Waals surface area (Å²) in [5.41, 5.74) is -0.186. The molecule has 3 rings (SSSR count). The third kappa shape index (κ3) is 3.80. The highest BCUT2D eigenvalue weighted by Gasteiger charge is 2.35. The van der Waals surface area contributed by atoms with Gasteiger partial charge in [-0.3, -0.25) is 14.9 Å². The zero-order chi connectivity index (χ0) is 21.8. The summed E-state index contributed by atoms with van der Waals surface area (Å²) in [6.45, 7) is 1.34. The van der Waals surface area contributed by atoms with Gasteiger partial charge < -0.3 is 24.0 Å². The maximum atomic E-state index is 14.0. The second-order valence-corrected chi connectivity index (χ2v) is 6.53. The van der Waals surface area contributed by atoms with Gasteiger partial charge in [0.15, 0.2) is 5.75 Å². The molecule has 30 heavy (non-hydrogen) atoms. The first-order chi connectivity index (χ1) is 14.4. The maximum Gasteiger partial charge on any atom is 0.327 e. The van der Waals surface area contributed by atoms with Crippen molar-refractivity contribution in [2.75, 3.05) is 52.4 Å². The smallest absolute Gasteiger partial charge is 0.327 e. The lowest BCUT2D eigenvalue weighted by Gasteiger charge is -2.36. The largest absolute Gasteiger partial charge is 0.493 e. The summed E-state index contributed by atoms with van der Waals surface area (Å²) in [5, 5.41) is 11.7. The number of piperazine rings is 1. The van der Waals surface area contributed by atoms with Crippen LogP contribution in [0, 0.1) is 15.9 Å². The Bertz CT molecular complexity index is 960. The van der Waals surface area contributed by atoms with Crippen molar-refractivity contribution >= 4 is 17.3 Å². The van der Waals surface area contributed by atoms with Gasteiger partial charge in [-0.05, 0) is 12.1 Å². The number of nitrogens with zero attached hydrogens (tertiary/aromatic N) is 3. The summed E-state index contributed by atoms with van der Waals surface area (Å²) in [5.74, 6) is -0.872. The highest BCUT2D eigenvalue weighted by Crippen LogP contribution is 2.46. The molecule has 0 N–H and O–H groups in total. The molecule has 10 heteroatoms. The van der Waals surface area contributed by atoms with Crippen LogP contribution in [0.4, 0.5) is 15.8 Å². The molecule has 2 aromatic carbocycles. The minimum Gasteiger partial charge on any atom is -0.493 e. The molecule has 1 aliphatic heterocycles. The number of methoxy groups -OCH3 is 3. The summed E-state index contributed by atoms with van der Waals surface area (Å²) >= 11 is 0. The fourth-order valence-electron chi connectivity index (χ4n) is 3.51. The number of nitro groups is 1. The van der Waals surface area contributed by atoms with Gasteiger partial charge in [0.05, 0.1) is 31.9 Å². The first-order valence-electron chi connectivity index (χ1n) is 9.19. The Hall–Kier alpha value is -3.56. The molecule has 1 fully saturated rings. The van der Waals surface area contributed by atoms with Crippen LogP contribution in [0.5, 0.6) is 17.2 Å². The molecule has 0 saturated carbocycles. The van der Waals surface area contributed by atoms with Crippen LogP contribution in [0.1, 0.15) is 10.4 Å². The Labute approximate surface area is 172 Å². The van der Waals surface area contributed by atoms with Crippen LogP contribution >= 0.6 is 0 Å². The van der Waals surface area contributed by atoms with Crippen molar-refractivity contribution in [3.8, 4) is 17.2 Å². The number of hydrogen-bond donors (Lipinski definition) is 0. The lowest BCUT2D eigenvalue weighted by molar-refractivity contribution is -0.386. The van der Waals surface area contributed by atoms with E-state index in [1.807, 2.05) is 4.90 Å². The molecule has 160 valence electrons. The third-order valence-electron chi connectivity index (χ3n) is 4.98. The average molecular weight is 419 g/mol. The summed E-state index contributed by atoms with van der Waals surface area (Å²) in [6, 6.07) is 7.70. The molecular formula is C20H22FN3O6. The zero-order valence-corrected chi connectivity index (χ0v) is 16.9. The zero-order valence-electron chi connectivity index (χ0n) is 16.9. The van der Waals surface area contributed by atoms with Crippen molar-refractivity contribution in [2.24, 2.45) is 0 Å². The third-order valence-corrected chi connectivity index (χ3v) is 4.98. The Balaban J connectivity index is 1.90. The molecule has 1 heterocycles. The average Bonchev–Trinajstić information content (AvgIpc) is 2.77. The molecule has 1 amide bonds. The lowest BCUT2D eigenvalue weighted by atomic mass is 10.1. The molecule has 0 aliphatic carbocycles. The van der Waals surface area contributed by atoms with E-state index in [2.05, 4.69) is 0 Å². The second kappa shape index (κ2) is 8.85. The molecule has 0 radical (unpaired) electrons. The topological polar surface area (TPSA) is 94.4 Å². The Morgan fingerprint density at radius 3 is 2.20 bits per heavy atom. The maximum absolute atomic E-state index is 14.0. The van der Waals surface area contributed by atoms with Gasteiger partial charge in [0, 0.05) is 32.2 Å². The van der Waals surface area contributed by atoms with E-state index in [1.54, 1.807) is 18.2 Å². The van der Waals surface area contributed by atoms with Crippen LogP contribution in [0.2, 0.25) is 0 Å². The van der Waals surface area contributed by atoms with Gasteiger partial charge in [-0.15, -0.1) is 0 Å². The van der Waals surface area contributed by atoms with E-state index in [1.165, 1.54) is 38.4 Å². The predicted molar refractivity (Wildman–Crippen MR) is 107 cm³/mol. The first-order valence-corrected chi connectivity index (χ1v) is 9.19. The molecule has 0 aromatic heterocycles. The van der Waals surface area contributed by atoms with Gasteiger partial charge in [-0.25, -0.2) is 4.39 Å². The highest BCUT2D eigenvalue weighted by molar-refractivity contribution is 6.00. The van der Waals surface area contributed by atoms with E-state index in [4.69, 9.17) is 14.2 Å². The van der Waals surface area contributed by atoms with Gasteiger partial charge in [-0.2, -0.15) is 0 Å². The van der Waals surface area contributed by atoms with Crippen LogP contribution < -0.4 is 19.1 Å². The van der Waals surface area contributed by atoms with E-state index < -0.39 is 16.5 Å². The standard InChI is InChI=1S/C20H22FN3O6/c1-28-16-12-13(17(24(26)27)19(30-3)18(16)29-2)20(25)23-10-8-22(9-11-23)15-7-5-4-6-14(15)21/h4-7,12H,8-11H2,1-3H3. The fraction of sp³-hybridized carbons (Fsp3) is 0.350. The number of anilines is 1. The lowest BCUT2D eigenvalue weighted by Crippen LogP contribution is -2.49. The van der Waals surface area contributed by atoms with Crippen LogP contribution in [-0.2, 0) is 0 Å². The normalized spacial score (nSPS) is 13.7. The summed E-state index contributed by atoms with van der Waals surface area (Å²) in [4.78, 5) is 27.5. The summed E-state index contributed by atoms with van der Waals surface area (Å²) in [6.07, 6.45) is 0. The van der Waals surface area contributed by atoms with Crippen molar-refractivity contribution in [3.05, 3.63) is 51.8 Å². The summed E-state index contributed by atoms with van der Waals surface area (Å²) in [7, 11) is 3.95. The van der Waals surface area contributed by atoms with Gasteiger partial charge in [0.25, 0.3) is 5.91 Å². The molecule has 2 aromatic rings. The Kier molecular flexibility index (Phi) is 6.24. The first kappa shape index (κ1) is 21.2. The second-order valence-electron chi connectivity index (χ2n) is 6.53. The van der Waals surface area contributed by atoms with E-state index in [0.29, 0.717) is 18.8 Å². The number of ether oxygens (including phenoxy) is 3. The molecule has 0 unspecified atom stereocenters. The summed E-state index contributed by atoms with van der Waals surface area (Å²) < 4.78 is 29.6. The van der Waals surface area contributed by atoms with Gasteiger partial charge in [-0.1, -0.05) is 12.1 Å². The van der Waals surface area contributed by atoms with E-state index in [-0.39, 0.29) is 41.7 Å². The highest BCUT2D eigenvalue weighted by atomic mass is 19.1. The Morgan fingerprint density at radius 2 is 1.67 bits per heavy atom. The van der Waals surface area contributed by atoms with E-state index in [9.17, 15) is 19.3 Å². The number of halogens is 1. The van der Waals surface area contributed by atoms with E-state index >= 15 is 0 Å². The number of carbonyl (C=O) groups is 1. The van der Waals surface area contributed by atoms with Gasteiger partial charge >= 0.3 is 5.69 Å². The Morgan fingerprint density at radius 1 is 1.03 bits per heavy atom. The van der Waals surface area contributed by atoms with E-state index in [0.717, 1.165) is 0 Å². The van der Waals surface area contributed by atoms with Crippen LogP contribution in [-0.4, -0.2) is 63.2 Å². The number of amides is 1. The van der Waals surface area contributed by atoms with Crippen LogP contribution in [0.15, 0.2) is 30.3 Å². The van der Waals surface area contributed by atoms with Crippen molar-refractivity contribution in [1.29, 1.82) is 0 Å². The number of nitro benzene ring substituents is 1. The van der Waals surface area contributed by atoms with Crippen molar-refractivity contribution in [2.45, 2.75) is 0 Å². The molecule has 0 bridgehead atoms. The molecular weight excluding hydrogens is 397 g/mol. The fourth-order valence-corrected chi connectivity index (χ4v) is 3.51. The quantitative estimate of drug-likeness (QED) is 0.525. The minimum atomic E-state index is -0.677. The number of benzene rings is 2. The number of hydrogen-bond acceptors (Lipinski definition) is 7. The molecule has 9 nitrogen and oxygen atoms in total. The molecule has 0 atom stereocenters. The van der Waals surface area contributed by atoms with Crippen molar-refractivity contribution in [3.63, 3.8) is 0 Å². The van der Waals surface area contributed by atoms with Crippen LogP contribution in [0.25, 0.3) is 0 Å². The predicted octanol–water partition coefficient (Wildman–Crippen LogP) is 2.72. The molecule has 1 aliphatic rings. The number of rotatable bonds is 6. The molecule has 0 spiro atoms.